The van der Waals surface area contributed by atoms with Crippen molar-refractivity contribution >= 4 is 27.8 Å². The lowest BCUT2D eigenvalue weighted by molar-refractivity contribution is -0.141. The predicted molar refractivity (Wildman–Crippen MR) is 81.1 cm³/mol. The van der Waals surface area contributed by atoms with Crippen molar-refractivity contribution in [3.63, 3.8) is 0 Å². The topological polar surface area (TPSA) is 75.6 Å². The van der Waals surface area contributed by atoms with Crippen molar-refractivity contribution in [2.75, 3.05) is 13.2 Å². The predicted octanol–water partition coefficient (Wildman–Crippen LogP) is 2.45. The monoisotopic (exact) mass is 355 g/mol. The van der Waals surface area contributed by atoms with E-state index in [2.05, 4.69) is 21.2 Å². The van der Waals surface area contributed by atoms with Gasteiger partial charge in [0.2, 0.25) is 5.91 Å². The van der Waals surface area contributed by atoms with Crippen LogP contribution in [0.15, 0.2) is 28.7 Å². The fourth-order valence-electron chi connectivity index (χ4n) is 2.46. The Morgan fingerprint density at radius 3 is 2.52 bits per heavy atom. The Labute approximate surface area is 131 Å². The number of carbonyl (C=O) groups excluding carboxylic acids is 1. The minimum absolute atomic E-state index is 0.0712. The Bertz CT molecular complexity index is 503. The molecule has 1 aromatic rings. The first-order valence-electron chi connectivity index (χ1n) is 6.95. The Morgan fingerprint density at radius 2 is 1.90 bits per heavy atom. The second kappa shape index (κ2) is 7.45. The van der Waals surface area contributed by atoms with Gasteiger partial charge in [0.05, 0.1) is 12.5 Å². The van der Waals surface area contributed by atoms with Crippen LogP contribution in [-0.2, 0) is 9.59 Å². The molecule has 0 unspecified atom stereocenters. The van der Waals surface area contributed by atoms with Gasteiger partial charge in [-0.15, -0.1) is 0 Å². The van der Waals surface area contributed by atoms with Crippen molar-refractivity contribution in [1.29, 1.82) is 0 Å². The van der Waals surface area contributed by atoms with Crippen LogP contribution >= 0.6 is 15.9 Å². The third-order valence-corrected chi connectivity index (χ3v) is 4.16. The molecule has 0 spiro atoms. The molecule has 2 rings (SSSR count). The Balaban J connectivity index is 1.66. The number of carbonyl (C=O) groups is 2. The number of amides is 1. The summed E-state index contributed by atoms with van der Waals surface area (Å²) < 4.78 is 6.49. The third kappa shape index (κ3) is 4.74. The van der Waals surface area contributed by atoms with Crippen LogP contribution in [0, 0.1) is 11.8 Å². The molecule has 2 N–H and O–H groups in total. The van der Waals surface area contributed by atoms with E-state index in [1.807, 2.05) is 24.3 Å². The molecule has 0 aromatic heterocycles. The van der Waals surface area contributed by atoms with E-state index in [1.165, 1.54) is 0 Å². The molecule has 1 amide bonds. The van der Waals surface area contributed by atoms with Gasteiger partial charge in [-0.25, -0.2) is 0 Å². The first-order valence-corrected chi connectivity index (χ1v) is 7.74. The van der Waals surface area contributed by atoms with Crippen LogP contribution in [0.3, 0.4) is 0 Å². The van der Waals surface area contributed by atoms with Gasteiger partial charge in [0.25, 0.3) is 0 Å². The van der Waals surface area contributed by atoms with E-state index in [4.69, 9.17) is 9.84 Å². The average Bonchev–Trinajstić information content (AvgIpc) is 2.95. The molecule has 1 saturated carbocycles. The highest BCUT2D eigenvalue weighted by atomic mass is 79.9. The van der Waals surface area contributed by atoms with Crippen LogP contribution in [0.25, 0.3) is 0 Å². The third-order valence-electron chi connectivity index (χ3n) is 3.64. The summed E-state index contributed by atoms with van der Waals surface area (Å²) >= 11 is 3.34. The number of rotatable bonds is 6. The quantitative estimate of drug-likeness (QED) is 0.768. The lowest BCUT2D eigenvalue weighted by Gasteiger charge is -2.11. The number of halogens is 1. The molecule has 0 radical (unpaired) electrons. The summed E-state index contributed by atoms with van der Waals surface area (Å²) in [6.07, 6.45) is 1.67. The maximum absolute atomic E-state index is 11.9. The van der Waals surface area contributed by atoms with E-state index in [0.29, 0.717) is 32.4 Å². The molecule has 0 bridgehead atoms. The highest BCUT2D eigenvalue weighted by molar-refractivity contribution is 9.10. The van der Waals surface area contributed by atoms with Crippen LogP contribution in [0.1, 0.15) is 19.3 Å². The van der Waals surface area contributed by atoms with E-state index >= 15 is 0 Å². The molecule has 1 aromatic carbocycles. The molecule has 21 heavy (non-hydrogen) atoms. The maximum atomic E-state index is 11.9. The van der Waals surface area contributed by atoms with Crippen molar-refractivity contribution < 1.29 is 19.4 Å². The molecule has 2 atom stereocenters. The molecule has 1 aliphatic carbocycles. The Morgan fingerprint density at radius 1 is 1.24 bits per heavy atom. The normalized spacial score (nSPS) is 21.0. The SMILES string of the molecule is O=C(O)[C@@H]1CC[C@H](C(=O)NCCOc2ccc(Br)cc2)C1. The van der Waals surface area contributed by atoms with Crippen LogP contribution in [0.5, 0.6) is 5.75 Å². The molecular weight excluding hydrogens is 338 g/mol. The number of benzene rings is 1. The average molecular weight is 356 g/mol. The molecule has 6 heteroatoms. The van der Waals surface area contributed by atoms with Gasteiger partial charge in [0.15, 0.2) is 0 Å². The highest BCUT2D eigenvalue weighted by Crippen LogP contribution is 2.31. The smallest absolute Gasteiger partial charge is 0.306 e. The van der Waals surface area contributed by atoms with Gasteiger partial charge in [0.1, 0.15) is 12.4 Å². The summed E-state index contributed by atoms with van der Waals surface area (Å²) in [5.74, 6) is -0.681. The first-order chi connectivity index (χ1) is 10.1. The second-order valence-electron chi connectivity index (χ2n) is 5.14. The fraction of sp³-hybridized carbons (Fsp3) is 0.467. The number of nitrogens with one attached hydrogen (secondary N) is 1. The molecule has 1 fully saturated rings. The zero-order chi connectivity index (χ0) is 15.2. The molecule has 0 aliphatic heterocycles. The molecule has 114 valence electrons. The number of carboxylic acids is 1. The van der Waals surface area contributed by atoms with Gasteiger partial charge >= 0.3 is 5.97 Å². The molecule has 0 heterocycles. The Hall–Kier alpha value is -1.56. The standard InChI is InChI=1S/C15H18BrNO4/c16-12-3-5-13(6-4-12)21-8-7-17-14(18)10-1-2-11(9-10)15(19)20/h3-6,10-11H,1-2,7-9H2,(H,17,18)(H,19,20)/t10-,11+/m0/s1. The van der Waals surface area contributed by atoms with E-state index in [0.717, 1.165) is 10.2 Å². The summed E-state index contributed by atoms with van der Waals surface area (Å²) in [4.78, 5) is 22.8. The Kier molecular flexibility index (Phi) is 5.61. The summed E-state index contributed by atoms with van der Waals surface area (Å²) in [5.41, 5.74) is 0. The first kappa shape index (κ1) is 15.8. The van der Waals surface area contributed by atoms with Crippen molar-refractivity contribution in [3.8, 4) is 5.75 Å². The van der Waals surface area contributed by atoms with Crippen LogP contribution in [0.4, 0.5) is 0 Å². The zero-order valence-corrected chi connectivity index (χ0v) is 13.1. The van der Waals surface area contributed by atoms with Gasteiger partial charge in [-0.3, -0.25) is 9.59 Å². The molecule has 5 nitrogen and oxygen atoms in total. The van der Waals surface area contributed by atoms with Gasteiger partial charge < -0.3 is 15.2 Å². The van der Waals surface area contributed by atoms with Crippen LogP contribution < -0.4 is 10.1 Å². The van der Waals surface area contributed by atoms with Crippen LogP contribution in [-0.4, -0.2) is 30.1 Å². The van der Waals surface area contributed by atoms with Crippen molar-refractivity contribution in [3.05, 3.63) is 28.7 Å². The summed E-state index contributed by atoms with van der Waals surface area (Å²) in [6.45, 7) is 0.811. The summed E-state index contributed by atoms with van der Waals surface area (Å²) in [5, 5.41) is 11.7. The number of carboxylic acid groups (broad SMARTS) is 1. The number of hydrogen-bond acceptors (Lipinski definition) is 3. The van der Waals surface area contributed by atoms with Gasteiger partial charge in [-0.2, -0.15) is 0 Å². The minimum Gasteiger partial charge on any atom is -0.492 e. The molecule has 0 saturated heterocycles. The molecular formula is C15H18BrNO4. The molecule has 1 aliphatic rings. The zero-order valence-electron chi connectivity index (χ0n) is 11.5. The minimum atomic E-state index is -0.802. The highest BCUT2D eigenvalue weighted by Gasteiger charge is 2.33. The summed E-state index contributed by atoms with van der Waals surface area (Å²) in [6, 6.07) is 7.47. The summed E-state index contributed by atoms with van der Waals surface area (Å²) in [7, 11) is 0. The lowest BCUT2D eigenvalue weighted by atomic mass is 10.0. The van der Waals surface area contributed by atoms with Crippen molar-refractivity contribution in [2.45, 2.75) is 19.3 Å². The van der Waals surface area contributed by atoms with Gasteiger partial charge in [-0.1, -0.05) is 15.9 Å². The van der Waals surface area contributed by atoms with Crippen molar-refractivity contribution in [1.82, 2.24) is 5.32 Å². The van der Waals surface area contributed by atoms with E-state index in [-0.39, 0.29) is 17.7 Å². The number of hydrogen-bond donors (Lipinski definition) is 2. The van der Waals surface area contributed by atoms with Crippen molar-refractivity contribution in [2.24, 2.45) is 11.8 Å². The maximum Gasteiger partial charge on any atom is 0.306 e. The lowest BCUT2D eigenvalue weighted by Crippen LogP contribution is -2.33. The van der Waals surface area contributed by atoms with E-state index < -0.39 is 5.97 Å². The number of ether oxygens (including phenoxy) is 1. The van der Waals surface area contributed by atoms with Gasteiger partial charge in [-0.05, 0) is 43.5 Å². The van der Waals surface area contributed by atoms with Gasteiger partial charge in [0, 0.05) is 10.4 Å². The fourth-order valence-corrected chi connectivity index (χ4v) is 2.73. The van der Waals surface area contributed by atoms with E-state index in [9.17, 15) is 9.59 Å². The van der Waals surface area contributed by atoms with Crippen LogP contribution in [0.2, 0.25) is 0 Å². The number of aliphatic carboxylic acids is 1. The van der Waals surface area contributed by atoms with E-state index in [1.54, 1.807) is 0 Å². The second-order valence-corrected chi connectivity index (χ2v) is 6.05. The largest absolute Gasteiger partial charge is 0.492 e.